The monoisotopic (exact) mass is 291 g/mol. The molecule has 2 aromatic rings. The van der Waals surface area contributed by atoms with Crippen LogP contribution in [0.2, 0.25) is 0 Å². The first-order valence-electron chi connectivity index (χ1n) is 6.14. The van der Waals surface area contributed by atoms with Crippen LogP contribution in [0.5, 0.6) is 0 Å². The van der Waals surface area contributed by atoms with Gasteiger partial charge in [-0.3, -0.25) is 0 Å². The number of carboxylic acid groups (broad SMARTS) is 1. The SMILES string of the molecule is O=C(O)c1nc(CSc2ccc3c(c2)CCC3)cs1. The first kappa shape index (κ1) is 12.7. The van der Waals surface area contributed by atoms with E-state index in [2.05, 4.69) is 23.2 Å². The Morgan fingerprint density at radius 1 is 1.37 bits per heavy atom. The molecule has 1 aliphatic carbocycles. The summed E-state index contributed by atoms with van der Waals surface area (Å²) < 4.78 is 0. The van der Waals surface area contributed by atoms with Crippen LogP contribution in [0.25, 0.3) is 0 Å². The van der Waals surface area contributed by atoms with Crippen molar-refractivity contribution >= 4 is 29.1 Å². The van der Waals surface area contributed by atoms with Crippen molar-refractivity contribution in [2.45, 2.75) is 29.9 Å². The summed E-state index contributed by atoms with van der Waals surface area (Å²) in [5, 5.41) is 10.8. The Morgan fingerprint density at radius 3 is 3.00 bits per heavy atom. The largest absolute Gasteiger partial charge is 0.476 e. The summed E-state index contributed by atoms with van der Waals surface area (Å²) in [6.45, 7) is 0. The summed E-state index contributed by atoms with van der Waals surface area (Å²) in [4.78, 5) is 16.1. The zero-order valence-electron chi connectivity index (χ0n) is 10.3. The highest BCUT2D eigenvalue weighted by Crippen LogP contribution is 2.29. The highest BCUT2D eigenvalue weighted by atomic mass is 32.2. The van der Waals surface area contributed by atoms with Crippen molar-refractivity contribution in [3.05, 3.63) is 45.4 Å². The Kier molecular flexibility index (Phi) is 3.57. The quantitative estimate of drug-likeness (QED) is 0.874. The molecule has 1 aromatic carbocycles. The Hall–Kier alpha value is -1.33. The molecule has 0 unspecified atom stereocenters. The van der Waals surface area contributed by atoms with E-state index in [1.165, 1.54) is 46.6 Å². The number of aromatic carboxylic acids is 1. The topological polar surface area (TPSA) is 50.2 Å². The molecule has 3 rings (SSSR count). The summed E-state index contributed by atoms with van der Waals surface area (Å²) in [6.07, 6.45) is 3.65. The molecule has 0 saturated carbocycles. The Bertz CT molecular complexity index is 622. The molecule has 0 saturated heterocycles. The summed E-state index contributed by atoms with van der Waals surface area (Å²) in [7, 11) is 0. The van der Waals surface area contributed by atoms with Crippen molar-refractivity contribution in [2.24, 2.45) is 0 Å². The second kappa shape index (κ2) is 5.35. The molecule has 0 atom stereocenters. The third-order valence-electron chi connectivity index (χ3n) is 3.19. The van der Waals surface area contributed by atoms with E-state index in [0.717, 1.165) is 11.4 Å². The van der Waals surface area contributed by atoms with Crippen LogP contribution in [-0.4, -0.2) is 16.1 Å². The van der Waals surface area contributed by atoms with Gasteiger partial charge in [0.2, 0.25) is 5.01 Å². The molecule has 1 heterocycles. The number of hydrogen-bond acceptors (Lipinski definition) is 4. The maximum absolute atomic E-state index is 10.8. The fourth-order valence-electron chi connectivity index (χ4n) is 2.27. The minimum Gasteiger partial charge on any atom is -0.476 e. The van der Waals surface area contributed by atoms with Crippen LogP contribution in [-0.2, 0) is 18.6 Å². The summed E-state index contributed by atoms with van der Waals surface area (Å²) in [5.41, 5.74) is 3.79. The van der Waals surface area contributed by atoms with E-state index in [0.29, 0.717) is 0 Å². The minimum absolute atomic E-state index is 0.171. The van der Waals surface area contributed by atoms with Gasteiger partial charge in [-0.05, 0) is 42.5 Å². The molecule has 0 aliphatic heterocycles. The number of thiazole rings is 1. The van der Waals surface area contributed by atoms with Gasteiger partial charge in [-0.25, -0.2) is 9.78 Å². The van der Waals surface area contributed by atoms with Gasteiger partial charge in [-0.2, -0.15) is 0 Å². The molecule has 0 amide bonds. The molecule has 1 aromatic heterocycles. The molecule has 3 nitrogen and oxygen atoms in total. The van der Waals surface area contributed by atoms with Gasteiger partial charge < -0.3 is 5.11 Å². The molecule has 98 valence electrons. The van der Waals surface area contributed by atoms with Crippen molar-refractivity contribution in [1.29, 1.82) is 0 Å². The molecule has 0 fully saturated rings. The number of aromatic nitrogens is 1. The standard InChI is InChI=1S/C14H13NO2S2/c16-14(17)13-15-11(8-19-13)7-18-12-5-4-9-2-1-3-10(9)6-12/h4-6,8H,1-3,7H2,(H,16,17). The molecule has 0 bridgehead atoms. The Labute approximate surface area is 119 Å². The number of carboxylic acids is 1. The molecule has 19 heavy (non-hydrogen) atoms. The van der Waals surface area contributed by atoms with Crippen molar-refractivity contribution in [3.8, 4) is 0 Å². The highest BCUT2D eigenvalue weighted by Gasteiger charge is 2.12. The highest BCUT2D eigenvalue weighted by molar-refractivity contribution is 7.98. The molecular weight excluding hydrogens is 278 g/mol. The normalized spacial score (nSPS) is 13.5. The first-order valence-corrected chi connectivity index (χ1v) is 8.01. The van der Waals surface area contributed by atoms with Gasteiger partial charge in [0.05, 0.1) is 5.69 Å². The Balaban J connectivity index is 1.67. The van der Waals surface area contributed by atoms with Crippen molar-refractivity contribution < 1.29 is 9.90 Å². The number of benzene rings is 1. The number of thioether (sulfide) groups is 1. The summed E-state index contributed by atoms with van der Waals surface area (Å²) in [6, 6.07) is 6.63. The predicted octanol–water partition coefficient (Wildman–Crippen LogP) is 3.62. The maximum Gasteiger partial charge on any atom is 0.365 e. The number of carbonyl (C=O) groups is 1. The average molecular weight is 291 g/mol. The van der Waals surface area contributed by atoms with Gasteiger partial charge >= 0.3 is 5.97 Å². The number of nitrogens with zero attached hydrogens (tertiary/aromatic N) is 1. The second-order valence-corrected chi connectivity index (χ2v) is 6.43. The molecule has 0 spiro atoms. The zero-order chi connectivity index (χ0) is 13.2. The molecule has 1 N–H and O–H groups in total. The first-order chi connectivity index (χ1) is 9.22. The van der Waals surface area contributed by atoms with Crippen molar-refractivity contribution in [2.75, 3.05) is 0 Å². The predicted molar refractivity (Wildman–Crippen MR) is 77.1 cm³/mol. The average Bonchev–Trinajstić information content (AvgIpc) is 3.04. The third kappa shape index (κ3) is 2.82. The number of hydrogen-bond donors (Lipinski definition) is 1. The van der Waals surface area contributed by atoms with Gasteiger partial charge in [0.25, 0.3) is 0 Å². The maximum atomic E-state index is 10.8. The van der Waals surface area contributed by atoms with Crippen molar-refractivity contribution in [1.82, 2.24) is 4.98 Å². The number of rotatable bonds is 4. The Morgan fingerprint density at radius 2 is 2.21 bits per heavy atom. The van der Waals surface area contributed by atoms with Crippen LogP contribution < -0.4 is 0 Å². The summed E-state index contributed by atoms with van der Waals surface area (Å²) in [5.74, 6) is -0.221. The molecule has 5 heteroatoms. The van der Waals surface area contributed by atoms with E-state index in [1.54, 1.807) is 11.8 Å². The van der Waals surface area contributed by atoms with Crippen LogP contribution in [0.4, 0.5) is 0 Å². The number of fused-ring (bicyclic) bond motifs is 1. The van der Waals surface area contributed by atoms with Crippen LogP contribution in [0, 0.1) is 0 Å². The minimum atomic E-state index is -0.946. The van der Waals surface area contributed by atoms with E-state index in [9.17, 15) is 4.79 Å². The van der Waals surface area contributed by atoms with Gasteiger partial charge in [0, 0.05) is 16.0 Å². The molecular formula is C14H13NO2S2. The van der Waals surface area contributed by atoms with E-state index in [4.69, 9.17) is 5.11 Å². The lowest BCUT2D eigenvalue weighted by Crippen LogP contribution is -1.95. The van der Waals surface area contributed by atoms with Gasteiger partial charge in [-0.1, -0.05) is 6.07 Å². The second-order valence-electron chi connectivity index (χ2n) is 4.52. The lowest BCUT2D eigenvalue weighted by molar-refractivity contribution is 0.0696. The fourth-order valence-corrected chi connectivity index (χ4v) is 3.88. The van der Waals surface area contributed by atoms with E-state index in [1.807, 2.05) is 5.38 Å². The van der Waals surface area contributed by atoms with E-state index in [-0.39, 0.29) is 5.01 Å². The summed E-state index contributed by atoms with van der Waals surface area (Å²) >= 11 is 2.90. The lowest BCUT2D eigenvalue weighted by Gasteiger charge is -2.03. The van der Waals surface area contributed by atoms with Gasteiger partial charge in [0.15, 0.2) is 0 Å². The van der Waals surface area contributed by atoms with Gasteiger partial charge in [0.1, 0.15) is 0 Å². The van der Waals surface area contributed by atoms with E-state index >= 15 is 0 Å². The zero-order valence-corrected chi connectivity index (χ0v) is 11.9. The molecule has 0 radical (unpaired) electrons. The smallest absolute Gasteiger partial charge is 0.365 e. The van der Waals surface area contributed by atoms with Crippen LogP contribution in [0.15, 0.2) is 28.5 Å². The third-order valence-corrected chi connectivity index (χ3v) is 5.10. The van der Waals surface area contributed by atoms with Crippen molar-refractivity contribution in [3.63, 3.8) is 0 Å². The van der Waals surface area contributed by atoms with E-state index < -0.39 is 5.97 Å². The van der Waals surface area contributed by atoms with Crippen LogP contribution >= 0.6 is 23.1 Å². The molecule has 1 aliphatic rings. The lowest BCUT2D eigenvalue weighted by atomic mass is 10.1. The van der Waals surface area contributed by atoms with Gasteiger partial charge in [-0.15, -0.1) is 23.1 Å². The fraction of sp³-hybridized carbons (Fsp3) is 0.286. The van der Waals surface area contributed by atoms with Crippen LogP contribution in [0.1, 0.15) is 33.0 Å². The number of aryl methyl sites for hydroxylation is 2. The van der Waals surface area contributed by atoms with Crippen LogP contribution in [0.3, 0.4) is 0 Å².